The lowest BCUT2D eigenvalue weighted by Gasteiger charge is -2.16. The number of hydrogen-bond donors (Lipinski definition) is 0. The van der Waals surface area contributed by atoms with Crippen molar-refractivity contribution in [3.05, 3.63) is 99.0 Å². The normalized spacial score (nSPS) is 11.2. The zero-order valence-electron chi connectivity index (χ0n) is 20.9. The molecule has 206 valence electrons. The van der Waals surface area contributed by atoms with E-state index in [1.54, 1.807) is 18.2 Å². The van der Waals surface area contributed by atoms with E-state index in [9.17, 15) is 36.8 Å². The van der Waals surface area contributed by atoms with Crippen LogP contribution in [0.3, 0.4) is 0 Å². The summed E-state index contributed by atoms with van der Waals surface area (Å²) < 4.78 is 85.7. The van der Waals surface area contributed by atoms with Crippen molar-refractivity contribution in [1.29, 1.82) is 5.26 Å². The average molecular weight is 558 g/mol. The van der Waals surface area contributed by atoms with E-state index in [2.05, 4.69) is 4.74 Å². The molecule has 0 aliphatic heterocycles. The van der Waals surface area contributed by atoms with Gasteiger partial charge in [0.1, 0.15) is 29.0 Å². The van der Waals surface area contributed by atoms with Crippen LogP contribution in [0.1, 0.15) is 22.3 Å². The number of hydrogen-bond acceptors (Lipinski definition) is 6. The molecular weight excluding hydrogens is 539 g/mol. The fourth-order valence-corrected chi connectivity index (χ4v) is 4.10. The van der Waals surface area contributed by atoms with E-state index in [4.69, 9.17) is 9.15 Å². The molecule has 2 heterocycles. The Balaban J connectivity index is 1.91. The molecule has 0 amide bonds. The van der Waals surface area contributed by atoms with Crippen molar-refractivity contribution in [3.63, 3.8) is 0 Å². The van der Waals surface area contributed by atoms with Crippen molar-refractivity contribution >= 4 is 5.97 Å². The average Bonchev–Trinajstić information content (AvgIpc) is 3.40. The van der Waals surface area contributed by atoms with E-state index in [-0.39, 0.29) is 17.7 Å². The summed E-state index contributed by atoms with van der Waals surface area (Å²) >= 11 is 0. The molecule has 4 aromatic rings. The van der Waals surface area contributed by atoms with Crippen molar-refractivity contribution in [2.75, 3.05) is 14.2 Å². The zero-order chi connectivity index (χ0) is 29.2. The quantitative estimate of drug-likeness (QED) is 0.213. The number of ether oxygens (including phenoxy) is 2. The van der Waals surface area contributed by atoms with Gasteiger partial charge in [0.2, 0.25) is 0 Å². The van der Waals surface area contributed by atoms with Crippen LogP contribution in [0.2, 0.25) is 0 Å². The molecule has 4 rings (SSSR count). The van der Waals surface area contributed by atoms with Gasteiger partial charge in [-0.25, -0.2) is 8.78 Å². The molecule has 0 fully saturated rings. The minimum atomic E-state index is -5.07. The molecule has 0 bridgehead atoms. The molecule has 0 aliphatic carbocycles. The zero-order valence-corrected chi connectivity index (χ0v) is 20.9. The number of aromatic nitrogens is 1. The number of alkyl halides is 3. The topological polar surface area (TPSA) is 94.5 Å². The summed E-state index contributed by atoms with van der Waals surface area (Å²) in [6.07, 6.45) is -3.93. The Labute approximate surface area is 223 Å². The standard InChI is InChI=1S/C28H19F5N2O5/c1-38-24-6-3-15(8-26(36)39-2)7-19(24)17-9-25(40-14-17)23-11-21(28(31,32)33)20(12-34)27(37)35(23)13-16-4-5-18(29)10-22(16)30/h3-7,9-11,14H,8,13H2,1-2H3. The number of nitriles is 1. The number of nitrogens with zero attached hydrogens (tertiary/aromatic N) is 2. The Bertz CT molecular complexity index is 1700. The molecule has 0 unspecified atom stereocenters. The summed E-state index contributed by atoms with van der Waals surface area (Å²) in [5.41, 5.74) is -3.36. The molecule has 0 N–H and O–H groups in total. The Kier molecular flexibility index (Phi) is 7.77. The molecule has 0 saturated carbocycles. The van der Waals surface area contributed by atoms with E-state index < -0.39 is 52.7 Å². The molecule has 0 atom stereocenters. The van der Waals surface area contributed by atoms with Crippen molar-refractivity contribution in [2.24, 2.45) is 0 Å². The van der Waals surface area contributed by atoms with Gasteiger partial charge in [0.05, 0.1) is 44.7 Å². The lowest BCUT2D eigenvalue weighted by Crippen LogP contribution is -2.29. The maximum absolute atomic E-state index is 14.4. The predicted molar refractivity (Wildman–Crippen MR) is 131 cm³/mol. The molecule has 7 nitrogen and oxygen atoms in total. The molecule has 2 aromatic heterocycles. The second-order valence-corrected chi connectivity index (χ2v) is 8.54. The minimum absolute atomic E-state index is 0.0639. The van der Waals surface area contributed by atoms with Crippen molar-refractivity contribution in [1.82, 2.24) is 4.57 Å². The molecule has 2 aromatic carbocycles. The highest BCUT2D eigenvalue weighted by molar-refractivity contribution is 5.77. The third-order valence-corrected chi connectivity index (χ3v) is 6.06. The summed E-state index contributed by atoms with van der Waals surface area (Å²) in [5, 5.41) is 9.37. The van der Waals surface area contributed by atoms with Crippen molar-refractivity contribution in [3.8, 4) is 34.4 Å². The molecule has 0 spiro atoms. The number of pyridine rings is 1. The van der Waals surface area contributed by atoms with Crippen LogP contribution in [0.4, 0.5) is 22.0 Å². The van der Waals surface area contributed by atoms with Gasteiger partial charge in [-0.05, 0) is 35.9 Å². The van der Waals surface area contributed by atoms with Crippen LogP contribution >= 0.6 is 0 Å². The molecule has 12 heteroatoms. The van der Waals surface area contributed by atoms with E-state index >= 15 is 0 Å². The highest BCUT2D eigenvalue weighted by Gasteiger charge is 2.37. The van der Waals surface area contributed by atoms with Gasteiger partial charge in [-0.1, -0.05) is 12.1 Å². The first-order valence-corrected chi connectivity index (χ1v) is 11.5. The maximum atomic E-state index is 14.4. The van der Waals surface area contributed by atoms with Gasteiger partial charge in [0, 0.05) is 22.8 Å². The number of halogens is 5. The third kappa shape index (κ3) is 5.58. The summed E-state index contributed by atoms with van der Waals surface area (Å²) in [6, 6.07) is 10.5. The monoisotopic (exact) mass is 558 g/mol. The summed E-state index contributed by atoms with van der Waals surface area (Å²) in [7, 11) is 2.63. The van der Waals surface area contributed by atoms with Crippen LogP contribution in [-0.4, -0.2) is 24.8 Å². The van der Waals surface area contributed by atoms with Gasteiger partial charge in [0.25, 0.3) is 5.56 Å². The fraction of sp³-hybridized carbons (Fsp3) is 0.179. The van der Waals surface area contributed by atoms with Gasteiger partial charge in [-0.3, -0.25) is 14.2 Å². The lowest BCUT2D eigenvalue weighted by molar-refractivity contribution is -0.140. The third-order valence-electron chi connectivity index (χ3n) is 6.06. The van der Waals surface area contributed by atoms with Crippen LogP contribution < -0.4 is 10.3 Å². The first-order valence-electron chi connectivity index (χ1n) is 11.5. The number of rotatable bonds is 7. The SMILES string of the molecule is COC(=O)Cc1ccc(OC)c(-c2coc(-c3cc(C(F)(F)F)c(C#N)c(=O)n3Cc3ccc(F)cc3F)c2)c1. The number of benzene rings is 2. The summed E-state index contributed by atoms with van der Waals surface area (Å²) in [6.45, 7) is -0.624. The van der Waals surface area contributed by atoms with E-state index in [0.717, 1.165) is 16.7 Å². The molecule has 40 heavy (non-hydrogen) atoms. The van der Waals surface area contributed by atoms with Crippen molar-refractivity contribution in [2.45, 2.75) is 19.1 Å². The van der Waals surface area contributed by atoms with E-state index in [1.165, 1.54) is 32.6 Å². The first-order chi connectivity index (χ1) is 19.0. The van der Waals surface area contributed by atoms with Gasteiger partial charge in [-0.15, -0.1) is 0 Å². The summed E-state index contributed by atoms with van der Waals surface area (Å²) in [4.78, 5) is 24.9. The Morgan fingerprint density at radius 3 is 2.45 bits per heavy atom. The second-order valence-electron chi connectivity index (χ2n) is 8.54. The van der Waals surface area contributed by atoms with Gasteiger partial charge in [-0.2, -0.15) is 18.4 Å². The van der Waals surface area contributed by atoms with Crippen LogP contribution in [0.25, 0.3) is 22.6 Å². The fourth-order valence-electron chi connectivity index (χ4n) is 4.10. The number of carbonyl (C=O) groups is 1. The largest absolute Gasteiger partial charge is 0.496 e. The van der Waals surface area contributed by atoms with Crippen molar-refractivity contribution < 1.29 is 40.6 Å². The number of furan rings is 1. The number of esters is 1. The highest BCUT2D eigenvalue weighted by Crippen LogP contribution is 2.37. The predicted octanol–water partition coefficient (Wildman–Crippen LogP) is 5.72. The Hall–Kier alpha value is -4.92. The second kappa shape index (κ2) is 11.1. The van der Waals surface area contributed by atoms with Gasteiger partial charge >= 0.3 is 12.1 Å². The maximum Gasteiger partial charge on any atom is 0.417 e. The van der Waals surface area contributed by atoms with Crippen LogP contribution in [0, 0.1) is 23.0 Å². The van der Waals surface area contributed by atoms with E-state index in [1.807, 2.05) is 0 Å². The van der Waals surface area contributed by atoms with Gasteiger partial charge < -0.3 is 13.9 Å². The molecule has 0 aliphatic rings. The molecule has 0 radical (unpaired) electrons. The van der Waals surface area contributed by atoms with Crippen LogP contribution in [-0.2, 0) is 28.7 Å². The first kappa shape index (κ1) is 28.1. The Morgan fingerprint density at radius 2 is 1.82 bits per heavy atom. The van der Waals surface area contributed by atoms with Gasteiger partial charge in [0.15, 0.2) is 5.76 Å². The van der Waals surface area contributed by atoms with Crippen LogP contribution in [0.5, 0.6) is 5.75 Å². The number of carbonyl (C=O) groups excluding carboxylic acids is 1. The minimum Gasteiger partial charge on any atom is -0.496 e. The Morgan fingerprint density at radius 1 is 1.07 bits per heavy atom. The smallest absolute Gasteiger partial charge is 0.417 e. The van der Waals surface area contributed by atoms with E-state index in [0.29, 0.717) is 34.6 Å². The highest BCUT2D eigenvalue weighted by atomic mass is 19.4. The number of methoxy groups -OCH3 is 2. The lowest BCUT2D eigenvalue weighted by atomic mass is 10.0. The summed E-state index contributed by atoms with van der Waals surface area (Å²) in [5.74, 6) is -2.30. The molecular formula is C28H19F5N2O5. The van der Waals surface area contributed by atoms with Crippen LogP contribution in [0.15, 0.2) is 64.0 Å². The molecule has 0 saturated heterocycles.